The number of benzene rings is 3. The molecule has 7 heteroatoms. The molecule has 0 aliphatic carbocycles. The van der Waals surface area contributed by atoms with Crippen LogP contribution in [0.3, 0.4) is 0 Å². The van der Waals surface area contributed by atoms with E-state index in [1.54, 1.807) is 42.5 Å². The summed E-state index contributed by atoms with van der Waals surface area (Å²) in [5.74, 6) is 1.45. The van der Waals surface area contributed by atoms with Gasteiger partial charge in [0.15, 0.2) is 12.4 Å². The Kier molecular flexibility index (Phi) is 6.89. The van der Waals surface area contributed by atoms with E-state index >= 15 is 0 Å². The molecule has 0 atom stereocenters. The smallest absolute Gasteiger partial charge is 0.262 e. The Labute approximate surface area is 174 Å². The van der Waals surface area contributed by atoms with Crippen molar-refractivity contribution in [3.63, 3.8) is 0 Å². The number of anilines is 1. The van der Waals surface area contributed by atoms with Crippen LogP contribution in [0.4, 0.5) is 5.69 Å². The van der Waals surface area contributed by atoms with Crippen molar-refractivity contribution >= 4 is 17.5 Å². The standard InChI is InChI=1S/C23H22N2O5/c1-2-28-17-11-13-19(14-12-17)30-21-6-4-3-5-20(21)25-22(26)15-29-18-9-7-16(8-10-18)23(24)27/h3-14H,2,15H2,1H3,(H2,24,27)(H,25,26). The third-order valence-corrected chi connectivity index (χ3v) is 4.03. The van der Waals surface area contributed by atoms with Gasteiger partial charge in [-0.3, -0.25) is 9.59 Å². The number of rotatable bonds is 9. The summed E-state index contributed by atoms with van der Waals surface area (Å²) in [6.45, 7) is 2.31. The Balaban J connectivity index is 1.59. The molecule has 0 unspecified atom stereocenters. The first kappa shape index (κ1) is 20.7. The molecule has 0 aliphatic rings. The number of ether oxygens (including phenoxy) is 3. The number of carbonyl (C=O) groups is 2. The van der Waals surface area contributed by atoms with Gasteiger partial charge in [-0.05, 0) is 67.6 Å². The van der Waals surface area contributed by atoms with Crippen LogP contribution in [0.25, 0.3) is 0 Å². The molecular formula is C23H22N2O5. The number of carbonyl (C=O) groups excluding carboxylic acids is 2. The van der Waals surface area contributed by atoms with Crippen LogP contribution in [0.15, 0.2) is 72.8 Å². The van der Waals surface area contributed by atoms with Crippen molar-refractivity contribution in [1.29, 1.82) is 0 Å². The lowest BCUT2D eigenvalue weighted by atomic mass is 10.2. The number of primary amides is 1. The molecule has 3 N–H and O–H groups in total. The summed E-state index contributed by atoms with van der Waals surface area (Å²) in [5.41, 5.74) is 6.09. The van der Waals surface area contributed by atoms with Crippen LogP contribution in [0.5, 0.6) is 23.0 Å². The van der Waals surface area contributed by atoms with Gasteiger partial charge in [-0.25, -0.2) is 0 Å². The fourth-order valence-corrected chi connectivity index (χ4v) is 2.61. The number of hydrogen-bond donors (Lipinski definition) is 2. The van der Waals surface area contributed by atoms with E-state index < -0.39 is 5.91 Å². The van der Waals surface area contributed by atoms with Gasteiger partial charge in [0.2, 0.25) is 5.91 Å². The Bertz CT molecular complexity index is 1000. The zero-order chi connectivity index (χ0) is 21.3. The second-order valence-electron chi connectivity index (χ2n) is 6.23. The largest absolute Gasteiger partial charge is 0.494 e. The van der Waals surface area contributed by atoms with Crippen molar-refractivity contribution < 1.29 is 23.8 Å². The molecule has 0 saturated heterocycles. The SMILES string of the molecule is CCOc1ccc(Oc2ccccc2NC(=O)COc2ccc(C(N)=O)cc2)cc1. The highest BCUT2D eigenvalue weighted by Gasteiger charge is 2.10. The van der Waals surface area contributed by atoms with Gasteiger partial charge in [-0.2, -0.15) is 0 Å². The van der Waals surface area contributed by atoms with E-state index in [2.05, 4.69) is 5.32 Å². The van der Waals surface area contributed by atoms with Crippen LogP contribution in [0.1, 0.15) is 17.3 Å². The molecule has 3 rings (SSSR count). The second kappa shape index (κ2) is 9.97. The van der Waals surface area contributed by atoms with Crippen molar-refractivity contribution in [1.82, 2.24) is 0 Å². The monoisotopic (exact) mass is 406 g/mol. The number of amides is 2. The lowest BCUT2D eigenvalue weighted by Gasteiger charge is -2.13. The molecule has 0 bridgehead atoms. The van der Waals surface area contributed by atoms with Crippen LogP contribution in [0, 0.1) is 0 Å². The molecule has 2 amide bonds. The molecule has 7 nitrogen and oxygen atoms in total. The molecule has 0 aromatic heterocycles. The highest BCUT2D eigenvalue weighted by atomic mass is 16.5. The van der Waals surface area contributed by atoms with Gasteiger partial charge in [-0.15, -0.1) is 0 Å². The Morgan fingerprint density at radius 3 is 2.10 bits per heavy atom. The Morgan fingerprint density at radius 2 is 1.43 bits per heavy atom. The zero-order valence-corrected chi connectivity index (χ0v) is 16.5. The first-order chi connectivity index (χ1) is 14.5. The number of para-hydroxylation sites is 2. The number of nitrogens with two attached hydrogens (primary N) is 1. The molecular weight excluding hydrogens is 384 g/mol. The molecule has 0 radical (unpaired) electrons. The summed E-state index contributed by atoms with van der Waals surface area (Å²) in [6.07, 6.45) is 0. The second-order valence-corrected chi connectivity index (χ2v) is 6.23. The average molecular weight is 406 g/mol. The van der Waals surface area contributed by atoms with Gasteiger partial charge in [0.05, 0.1) is 12.3 Å². The third-order valence-electron chi connectivity index (χ3n) is 4.03. The van der Waals surface area contributed by atoms with Gasteiger partial charge >= 0.3 is 0 Å². The van der Waals surface area contributed by atoms with Gasteiger partial charge in [0.1, 0.15) is 17.2 Å². The van der Waals surface area contributed by atoms with Gasteiger partial charge in [-0.1, -0.05) is 12.1 Å². The fourth-order valence-electron chi connectivity index (χ4n) is 2.61. The van der Waals surface area contributed by atoms with Crippen molar-refractivity contribution in [2.75, 3.05) is 18.5 Å². The summed E-state index contributed by atoms with van der Waals surface area (Å²) in [7, 11) is 0. The molecule has 0 saturated carbocycles. The Hall–Kier alpha value is -4.00. The van der Waals surface area contributed by atoms with Crippen LogP contribution >= 0.6 is 0 Å². The highest BCUT2D eigenvalue weighted by molar-refractivity contribution is 5.94. The summed E-state index contributed by atoms with van der Waals surface area (Å²) in [6, 6.07) is 20.6. The molecule has 30 heavy (non-hydrogen) atoms. The van der Waals surface area contributed by atoms with Gasteiger partial charge in [0, 0.05) is 5.56 Å². The first-order valence-electron chi connectivity index (χ1n) is 9.37. The van der Waals surface area contributed by atoms with Crippen LogP contribution in [-0.4, -0.2) is 25.0 Å². The molecule has 154 valence electrons. The molecule has 0 aliphatic heterocycles. The molecule has 3 aromatic rings. The van der Waals surface area contributed by atoms with E-state index in [9.17, 15) is 9.59 Å². The summed E-state index contributed by atoms with van der Waals surface area (Å²) in [5, 5.41) is 2.77. The topological polar surface area (TPSA) is 99.9 Å². The van der Waals surface area contributed by atoms with E-state index in [0.717, 1.165) is 5.75 Å². The molecule has 0 fully saturated rings. The first-order valence-corrected chi connectivity index (χ1v) is 9.37. The lowest BCUT2D eigenvalue weighted by Crippen LogP contribution is -2.20. The quantitative estimate of drug-likeness (QED) is 0.560. The Morgan fingerprint density at radius 1 is 0.833 bits per heavy atom. The zero-order valence-electron chi connectivity index (χ0n) is 16.5. The molecule has 0 heterocycles. The molecule has 0 spiro atoms. The van der Waals surface area contributed by atoms with E-state index in [4.69, 9.17) is 19.9 Å². The summed E-state index contributed by atoms with van der Waals surface area (Å²) in [4.78, 5) is 23.4. The molecule has 3 aromatic carbocycles. The van der Waals surface area contributed by atoms with Gasteiger partial charge in [0.25, 0.3) is 5.91 Å². The maximum atomic E-state index is 12.3. The van der Waals surface area contributed by atoms with E-state index in [0.29, 0.717) is 35.1 Å². The third kappa shape index (κ3) is 5.75. The van der Waals surface area contributed by atoms with Crippen molar-refractivity contribution in [2.24, 2.45) is 5.73 Å². The number of nitrogens with one attached hydrogen (secondary N) is 1. The predicted octanol–water partition coefficient (Wildman–Crippen LogP) is 3.99. The van der Waals surface area contributed by atoms with E-state index in [1.807, 2.05) is 25.1 Å². The van der Waals surface area contributed by atoms with Crippen molar-refractivity contribution in [3.05, 3.63) is 78.4 Å². The maximum Gasteiger partial charge on any atom is 0.262 e. The van der Waals surface area contributed by atoms with Crippen LogP contribution in [0.2, 0.25) is 0 Å². The van der Waals surface area contributed by atoms with Gasteiger partial charge < -0.3 is 25.3 Å². The van der Waals surface area contributed by atoms with E-state index in [1.165, 1.54) is 12.1 Å². The minimum absolute atomic E-state index is 0.201. The maximum absolute atomic E-state index is 12.3. The fraction of sp³-hybridized carbons (Fsp3) is 0.130. The van der Waals surface area contributed by atoms with Crippen LogP contribution < -0.4 is 25.3 Å². The minimum Gasteiger partial charge on any atom is -0.494 e. The summed E-state index contributed by atoms with van der Waals surface area (Å²) < 4.78 is 16.8. The average Bonchev–Trinajstić information content (AvgIpc) is 2.75. The minimum atomic E-state index is -0.525. The van der Waals surface area contributed by atoms with Crippen molar-refractivity contribution in [3.8, 4) is 23.0 Å². The van der Waals surface area contributed by atoms with Crippen molar-refractivity contribution in [2.45, 2.75) is 6.92 Å². The summed E-state index contributed by atoms with van der Waals surface area (Å²) >= 11 is 0. The number of hydrogen-bond acceptors (Lipinski definition) is 5. The highest BCUT2D eigenvalue weighted by Crippen LogP contribution is 2.30. The van der Waals surface area contributed by atoms with E-state index in [-0.39, 0.29) is 12.5 Å². The lowest BCUT2D eigenvalue weighted by molar-refractivity contribution is -0.118. The predicted molar refractivity (Wildman–Crippen MR) is 113 cm³/mol. The normalized spacial score (nSPS) is 10.2. The van der Waals surface area contributed by atoms with Crippen LogP contribution in [-0.2, 0) is 4.79 Å².